The molecule has 26 heavy (non-hydrogen) atoms. The number of nitrogens with one attached hydrogen (secondary N) is 1. The number of amides is 1. The van der Waals surface area contributed by atoms with Crippen molar-refractivity contribution in [2.45, 2.75) is 26.4 Å². The average Bonchev–Trinajstić information content (AvgIpc) is 3.06. The number of hydrogen-bond acceptors (Lipinski definition) is 5. The number of carboxylic acids is 1. The van der Waals surface area contributed by atoms with Crippen LogP contribution in [0.5, 0.6) is 5.75 Å². The third-order valence-electron chi connectivity index (χ3n) is 4.02. The zero-order valence-electron chi connectivity index (χ0n) is 14.1. The van der Waals surface area contributed by atoms with Crippen molar-refractivity contribution in [2.75, 3.05) is 13.3 Å². The zero-order valence-corrected chi connectivity index (χ0v) is 14.1. The molecule has 1 aromatic heterocycles. The Morgan fingerprint density at radius 3 is 2.81 bits per heavy atom. The number of carbonyl (C=O) groups is 2. The second kappa shape index (κ2) is 7.57. The van der Waals surface area contributed by atoms with Crippen LogP contribution in [0, 0.1) is 5.82 Å². The highest BCUT2D eigenvalue weighted by molar-refractivity contribution is 5.96. The Kier molecular flexibility index (Phi) is 5.22. The molecule has 0 unspecified atom stereocenters. The topological polar surface area (TPSA) is 98.0 Å². The Balaban J connectivity index is 1.66. The molecule has 1 aromatic carbocycles. The molecule has 8 heteroatoms. The summed E-state index contributed by atoms with van der Waals surface area (Å²) in [5, 5.41) is 11.7. The van der Waals surface area contributed by atoms with Crippen molar-refractivity contribution in [3.8, 4) is 5.75 Å². The Hall–Kier alpha value is -2.87. The molecule has 1 aliphatic rings. The van der Waals surface area contributed by atoms with Crippen molar-refractivity contribution in [3.63, 3.8) is 0 Å². The highest BCUT2D eigenvalue weighted by Gasteiger charge is 2.20. The van der Waals surface area contributed by atoms with Crippen molar-refractivity contribution >= 4 is 11.9 Å². The molecule has 0 spiro atoms. The number of rotatable bonds is 6. The van der Waals surface area contributed by atoms with Crippen molar-refractivity contribution in [3.05, 3.63) is 52.2 Å². The molecule has 0 fully saturated rings. The highest BCUT2D eigenvalue weighted by Crippen LogP contribution is 2.29. The lowest BCUT2D eigenvalue weighted by Gasteiger charge is -2.20. The first-order valence-corrected chi connectivity index (χ1v) is 8.15. The number of fused-ring (bicyclic) bond motifs is 1. The summed E-state index contributed by atoms with van der Waals surface area (Å²) in [7, 11) is 0. The molecule has 0 bridgehead atoms. The monoisotopic (exact) mass is 363 g/mol. The van der Waals surface area contributed by atoms with Crippen molar-refractivity contribution < 1.29 is 33.0 Å². The van der Waals surface area contributed by atoms with E-state index in [1.54, 1.807) is 6.92 Å². The van der Waals surface area contributed by atoms with Gasteiger partial charge in [0.2, 0.25) is 0 Å². The average molecular weight is 363 g/mol. The predicted octanol–water partition coefficient (Wildman–Crippen LogP) is 2.52. The van der Waals surface area contributed by atoms with Gasteiger partial charge in [0, 0.05) is 24.6 Å². The number of furan rings is 1. The summed E-state index contributed by atoms with van der Waals surface area (Å²) in [5.74, 6) is -1.31. The van der Waals surface area contributed by atoms with Crippen LogP contribution in [0.25, 0.3) is 0 Å². The van der Waals surface area contributed by atoms with Crippen LogP contribution >= 0.6 is 0 Å². The Morgan fingerprint density at radius 2 is 2.12 bits per heavy atom. The van der Waals surface area contributed by atoms with E-state index < -0.39 is 17.7 Å². The predicted molar refractivity (Wildman–Crippen MR) is 87.8 cm³/mol. The fourth-order valence-corrected chi connectivity index (χ4v) is 2.82. The van der Waals surface area contributed by atoms with E-state index >= 15 is 0 Å². The van der Waals surface area contributed by atoms with Crippen molar-refractivity contribution in [2.24, 2.45) is 0 Å². The van der Waals surface area contributed by atoms with E-state index in [2.05, 4.69) is 5.32 Å². The van der Waals surface area contributed by atoms with Crippen LogP contribution in [-0.4, -0.2) is 30.3 Å². The number of ether oxygens (including phenoxy) is 2. The zero-order chi connectivity index (χ0) is 18.7. The standard InChI is InChI=1S/C18H18FNO6/c1-2-14-13(18(22)23)7-15(26-14)17(21)20-4-3-10-5-12(19)6-11-8-24-9-25-16(10)11/h5-7H,2-4,8-9H2,1H3,(H,20,21)(H,22,23). The first-order valence-electron chi connectivity index (χ1n) is 8.15. The maximum absolute atomic E-state index is 13.7. The van der Waals surface area contributed by atoms with Crippen LogP contribution in [-0.2, 0) is 24.2 Å². The lowest BCUT2D eigenvalue weighted by atomic mass is 10.1. The quantitative estimate of drug-likeness (QED) is 0.818. The SMILES string of the molecule is CCc1oc(C(=O)NCCc2cc(F)cc3c2OCOC3)cc1C(=O)O. The van der Waals surface area contributed by atoms with E-state index in [1.807, 2.05) is 0 Å². The molecule has 1 amide bonds. The van der Waals surface area contributed by atoms with Crippen LogP contribution in [0.15, 0.2) is 22.6 Å². The smallest absolute Gasteiger partial charge is 0.339 e. The minimum atomic E-state index is -1.14. The van der Waals surface area contributed by atoms with Gasteiger partial charge in [0.25, 0.3) is 5.91 Å². The number of hydrogen-bond donors (Lipinski definition) is 2. The molecular formula is C18H18FNO6. The Bertz CT molecular complexity index is 844. The van der Waals surface area contributed by atoms with Gasteiger partial charge in [-0.2, -0.15) is 0 Å². The normalized spacial score (nSPS) is 13.0. The van der Waals surface area contributed by atoms with E-state index in [0.29, 0.717) is 29.7 Å². The van der Waals surface area contributed by atoms with E-state index in [9.17, 15) is 14.0 Å². The van der Waals surface area contributed by atoms with Crippen LogP contribution < -0.4 is 10.1 Å². The van der Waals surface area contributed by atoms with Gasteiger partial charge in [0.15, 0.2) is 12.6 Å². The maximum atomic E-state index is 13.7. The first-order chi connectivity index (χ1) is 12.5. The van der Waals surface area contributed by atoms with Crippen molar-refractivity contribution in [1.82, 2.24) is 5.32 Å². The molecule has 2 heterocycles. The maximum Gasteiger partial charge on any atom is 0.339 e. The Labute approximate surface area is 148 Å². The molecular weight excluding hydrogens is 345 g/mol. The lowest BCUT2D eigenvalue weighted by molar-refractivity contribution is -0.0172. The van der Waals surface area contributed by atoms with Gasteiger partial charge in [-0.1, -0.05) is 6.92 Å². The molecule has 0 saturated heterocycles. The van der Waals surface area contributed by atoms with Crippen LogP contribution in [0.2, 0.25) is 0 Å². The number of aryl methyl sites for hydroxylation is 1. The van der Waals surface area contributed by atoms with Gasteiger partial charge in [-0.3, -0.25) is 4.79 Å². The largest absolute Gasteiger partial charge is 0.478 e. The third kappa shape index (κ3) is 3.70. The molecule has 1 aliphatic heterocycles. The summed E-state index contributed by atoms with van der Waals surface area (Å²) in [6.45, 7) is 2.33. The number of carboxylic acid groups (broad SMARTS) is 1. The van der Waals surface area contributed by atoms with Crippen LogP contribution in [0.3, 0.4) is 0 Å². The minimum Gasteiger partial charge on any atom is -0.478 e. The lowest BCUT2D eigenvalue weighted by Crippen LogP contribution is -2.26. The fraction of sp³-hybridized carbons (Fsp3) is 0.333. The summed E-state index contributed by atoms with van der Waals surface area (Å²) >= 11 is 0. The van der Waals surface area contributed by atoms with Crippen molar-refractivity contribution in [1.29, 1.82) is 0 Å². The number of benzene rings is 1. The highest BCUT2D eigenvalue weighted by atomic mass is 19.1. The number of carbonyl (C=O) groups excluding carboxylic acids is 1. The summed E-state index contributed by atoms with van der Waals surface area (Å²) in [4.78, 5) is 23.3. The summed E-state index contributed by atoms with van der Waals surface area (Å²) in [6.07, 6.45) is 0.711. The molecule has 0 radical (unpaired) electrons. The van der Waals surface area contributed by atoms with Gasteiger partial charge >= 0.3 is 5.97 Å². The number of halogens is 1. The molecule has 3 rings (SSSR count). The summed E-state index contributed by atoms with van der Waals surface area (Å²) in [6, 6.07) is 3.93. The van der Waals surface area contributed by atoms with Gasteiger partial charge in [-0.05, 0) is 24.1 Å². The van der Waals surface area contributed by atoms with Crippen LogP contribution in [0.4, 0.5) is 4.39 Å². The second-order valence-electron chi connectivity index (χ2n) is 5.78. The second-order valence-corrected chi connectivity index (χ2v) is 5.78. The van der Waals surface area contributed by atoms with Gasteiger partial charge in [-0.15, -0.1) is 0 Å². The molecule has 7 nitrogen and oxygen atoms in total. The molecule has 138 valence electrons. The molecule has 2 N–H and O–H groups in total. The first kappa shape index (κ1) is 17.9. The number of aromatic carboxylic acids is 1. The van der Waals surface area contributed by atoms with E-state index in [1.165, 1.54) is 18.2 Å². The van der Waals surface area contributed by atoms with Gasteiger partial charge < -0.3 is 24.3 Å². The molecule has 0 saturated carbocycles. The summed E-state index contributed by atoms with van der Waals surface area (Å²) in [5.41, 5.74) is 1.23. The van der Waals surface area contributed by atoms with E-state index in [0.717, 1.165) is 0 Å². The van der Waals surface area contributed by atoms with Gasteiger partial charge in [0.05, 0.1) is 6.61 Å². The van der Waals surface area contributed by atoms with E-state index in [-0.39, 0.29) is 37.0 Å². The van der Waals surface area contributed by atoms with Gasteiger partial charge in [0.1, 0.15) is 22.9 Å². The molecule has 0 atom stereocenters. The molecule has 2 aromatic rings. The fourth-order valence-electron chi connectivity index (χ4n) is 2.82. The molecule has 0 aliphatic carbocycles. The minimum absolute atomic E-state index is 0.0229. The Morgan fingerprint density at radius 1 is 1.31 bits per heavy atom. The van der Waals surface area contributed by atoms with Crippen LogP contribution in [0.1, 0.15) is 44.7 Å². The summed E-state index contributed by atoms with van der Waals surface area (Å²) < 4.78 is 29.6. The van der Waals surface area contributed by atoms with Gasteiger partial charge in [-0.25, -0.2) is 9.18 Å². The van der Waals surface area contributed by atoms with E-state index in [4.69, 9.17) is 19.0 Å². The third-order valence-corrected chi connectivity index (χ3v) is 4.02.